The van der Waals surface area contributed by atoms with Crippen LogP contribution in [0.5, 0.6) is 5.75 Å². The number of hydrogen-bond donors (Lipinski definition) is 1. The maximum absolute atomic E-state index is 14.2. The predicted molar refractivity (Wildman–Crippen MR) is 156 cm³/mol. The van der Waals surface area contributed by atoms with E-state index in [0.29, 0.717) is 40.8 Å². The standard InChI is InChI=1S/C31H39ClF3N3O4/c1-20-15-23(18-25(16-20)42-4)30(41,31(33,34)35)29(40)38-13-9-22(10-14-38)17-21-7-11-37(12-8-21)24-5-6-26(27(32)19-24)28(39)36(2)3/h5-6,15-16,18-19,21-22,41H,7-14,17H2,1-4H3/t30-/m1/s1. The van der Waals surface area contributed by atoms with Crippen LogP contribution in [0.15, 0.2) is 36.4 Å². The number of alkyl halides is 3. The second-order valence-corrected chi connectivity index (χ2v) is 12.1. The molecule has 0 unspecified atom stereocenters. The van der Waals surface area contributed by atoms with Crippen LogP contribution in [0.25, 0.3) is 0 Å². The number of piperidine rings is 2. The van der Waals surface area contributed by atoms with E-state index >= 15 is 0 Å². The largest absolute Gasteiger partial charge is 0.497 e. The molecular weight excluding hydrogens is 571 g/mol. The van der Waals surface area contributed by atoms with E-state index in [-0.39, 0.29) is 24.7 Å². The van der Waals surface area contributed by atoms with Crippen LogP contribution in [0.3, 0.4) is 0 Å². The third kappa shape index (κ3) is 6.64. The van der Waals surface area contributed by atoms with E-state index in [1.54, 1.807) is 33.2 Å². The van der Waals surface area contributed by atoms with E-state index in [2.05, 4.69) is 4.90 Å². The fourth-order valence-corrected chi connectivity index (χ4v) is 6.35. The number of hydrogen-bond acceptors (Lipinski definition) is 5. The highest BCUT2D eigenvalue weighted by atomic mass is 35.5. The van der Waals surface area contributed by atoms with Crippen molar-refractivity contribution in [2.75, 3.05) is 52.3 Å². The molecule has 230 valence electrons. The monoisotopic (exact) mass is 609 g/mol. The quantitative estimate of drug-likeness (QED) is 0.439. The number of carbonyl (C=O) groups excluding carboxylic acids is 2. The summed E-state index contributed by atoms with van der Waals surface area (Å²) in [5, 5.41) is 11.3. The van der Waals surface area contributed by atoms with Gasteiger partial charge in [-0.2, -0.15) is 13.2 Å². The molecule has 2 aliphatic heterocycles. The number of aliphatic hydroxyl groups is 1. The van der Waals surface area contributed by atoms with Crippen molar-refractivity contribution in [2.45, 2.75) is 50.8 Å². The van der Waals surface area contributed by atoms with Crippen LogP contribution in [-0.2, 0) is 10.4 Å². The molecule has 0 spiro atoms. The Morgan fingerprint density at radius 3 is 2.12 bits per heavy atom. The van der Waals surface area contributed by atoms with Gasteiger partial charge in [0.1, 0.15) is 5.75 Å². The van der Waals surface area contributed by atoms with Gasteiger partial charge in [0.2, 0.25) is 0 Å². The first kappa shape index (κ1) is 31.9. The smallest absolute Gasteiger partial charge is 0.430 e. The number of ether oxygens (including phenoxy) is 1. The maximum Gasteiger partial charge on any atom is 0.430 e. The van der Waals surface area contributed by atoms with E-state index in [0.717, 1.165) is 49.0 Å². The lowest BCUT2D eigenvalue weighted by atomic mass is 9.82. The maximum atomic E-state index is 14.2. The van der Waals surface area contributed by atoms with E-state index < -0.39 is 23.2 Å². The van der Waals surface area contributed by atoms with Crippen molar-refractivity contribution in [2.24, 2.45) is 11.8 Å². The van der Waals surface area contributed by atoms with Gasteiger partial charge in [-0.1, -0.05) is 17.7 Å². The molecule has 0 saturated carbocycles. The summed E-state index contributed by atoms with van der Waals surface area (Å²) in [4.78, 5) is 30.4. The van der Waals surface area contributed by atoms with Crippen LogP contribution >= 0.6 is 11.6 Å². The Hall–Kier alpha value is -2.98. The highest BCUT2D eigenvalue weighted by Crippen LogP contribution is 2.43. The molecule has 4 rings (SSSR count). The topological polar surface area (TPSA) is 73.3 Å². The van der Waals surface area contributed by atoms with Gasteiger partial charge >= 0.3 is 6.18 Å². The van der Waals surface area contributed by atoms with Gasteiger partial charge in [-0.15, -0.1) is 0 Å². The fourth-order valence-electron chi connectivity index (χ4n) is 6.10. The Morgan fingerprint density at radius 1 is 1.00 bits per heavy atom. The molecule has 2 amide bonds. The first-order valence-corrected chi connectivity index (χ1v) is 14.6. The van der Waals surface area contributed by atoms with Gasteiger partial charge in [-0.05, 0) is 86.8 Å². The highest BCUT2D eigenvalue weighted by molar-refractivity contribution is 6.34. The second kappa shape index (κ2) is 12.7. The van der Waals surface area contributed by atoms with Crippen molar-refractivity contribution in [1.29, 1.82) is 0 Å². The zero-order chi connectivity index (χ0) is 30.8. The van der Waals surface area contributed by atoms with E-state index in [4.69, 9.17) is 16.3 Å². The number of nitrogens with zero attached hydrogens (tertiary/aromatic N) is 3. The number of halogens is 4. The Bertz CT molecular complexity index is 1290. The average Bonchev–Trinajstić information content (AvgIpc) is 2.95. The summed E-state index contributed by atoms with van der Waals surface area (Å²) < 4.78 is 47.8. The van der Waals surface area contributed by atoms with Crippen LogP contribution in [0, 0.1) is 18.8 Å². The number of benzene rings is 2. The molecule has 2 heterocycles. The SMILES string of the molecule is COc1cc(C)cc([C@@](O)(C(=O)N2CCC(CC3CCN(c4ccc(C(=O)N(C)C)c(Cl)c4)CC3)CC2)C(F)(F)F)c1. The number of rotatable bonds is 7. The summed E-state index contributed by atoms with van der Waals surface area (Å²) in [5.74, 6) is -0.563. The Morgan fingerprint density at radius 2 is 1.60 bits per heavy atom. The van der Waals surface area contributed by atoms with Crippen LogP contribution in [0.4, 0.5) is 18.9 Å². The summed E-state index contributed by atoms with van der Waals surface area (Å²) in [6.45, 7) is 3.61. The molecule has 11 heteroatoms. The zero-order valence-corrected chi connectivity index (χ0v) is 25.3. The molecular formula is C31H39ClF3N3O4. The molecule has 2 aromatic rings. The van der Waals surface area contributed by atoms with Crippen LogP contribution in [0.2, 0.25) is 5.02 Å². The summed E-state index contributed by atoms with van der Waals surface area (Å²) >= 11 is 6.40. The molecule has 0 aliphatic carbocycles. The first-order valence-electron chi connectivity index (χ1n) is 14.2. The lowest BCUT2D eigenvalue weighted by Gasteiger charge is -2.40. The van der Waals surface area contributed by atoms with E-state index in [9.17, 15) is 27.9 Å². The van der Waals surface area contributed by atoms with Gasteiger partial charge in [0.15, 0.2) is 0 Å². The van der Waals surface area contributed by atoms with Crippen molar-refractivity contribution < 1.29 is 32.6 Å². The molecule has 0 bridgehead atoms. The lowest BCUT2D eigenvalue weighted by Crippen LogP contribution is -2.57. The third-order valence-corrected chi connectivity index (χ3v) is 8.87. The number of likely N-dealkylation sites (tertiary alicyclic amines) is 1. The molecule has 2 aromatic carbocycles. The Labute approximate surface area is 250 Å². The molecule has 2 aliphatic rings. The van der Waals surface area contributed by atoms with Crippen molar-refractivity contribution >= 4 is 29.1 Å². The van der Waals surface area contributed by atoms with E-state index in [1.165, 1.54) is 18.1 Å². The Kier molecular flexibility index (Phi) is 9.67. The fraction of sp³-hybridized carbons (Fsp3) is 0.548. The summed E-state index contributed by atoms with van der Waals surface area (Å²) in [5.41, 5.74) is -2.29. The van der Waals surface area contributed by atoms with Gasteiger partial charge in [0, 0.05) is 51.5 Å². The molecule has 7 nitrogen and oxygen atoms in total. The normalized spacial score (nSPS) is 18.5. The summed E-state index contributed by atoms with van der Waals surface area (Å²) in [6, 6.07) is 9.31. The third-order valence-electron chi connectivity index (χ3n) is 8.56. The molecule has 0 radical (unpaired) electrons. The molecule has 42 heavy (non-hydrogen) atoms. The van der Waals surface area contributed by atoms with Crippen molar-refractivity contribution in [3.63, 3.8) is 0 Å². The summed E-state index contributed by atoms with van der Waals surface area (Å²) in [6.07, 6.45) is -1.12. The van der Waals surface area contributed by atoms with Gasteiger partial charge < -0.3 is 24.5 Å². The number of amides is 2. The minimum Gasteiger partial charge on any atom is -0.497 e. The van der Waals surface area contributed by atoms with E-state index in [1.807, 2.05) is 12.1 Å². The van der Waals surface area contributed by atoms with Crippen LogP contribution in [0.1, 0.15) is 53.6 Å². The van der Waals surface area contributed by atoms with Crippen molar-refractivity contribution in [1.82, 2.24) is 9.80 Å². The van der Waals surface area contributed by atoms with Crippen molar-refractivity contribution in [3.05, 3.63) is 58.1 Å². The minimum absolute atomic E-state index is 0.142. The summed E-state index contributed by atoms with van der Waals surface area (Å²) in [7, 11) is 4.69. The number of methoxy groups -OCH3 is 1. The first-order chi connectivity index (χ1) is 19.7. The zero-order valence-electron chi connectivity index (χ0n) is 24.5. The van der Waals surface area contributed by atoms with Crippen molar-refractivity contribution in [3.8, 4) is 5.75 Å². The molecule has 1 N–H and O–H groups in total. The predicted octanol–water partition coefficient (Wildman–Crippen LogP) is 5.65. The van der Waals surface area contributed by atoms with Gasteiger partial charge in [0.25, 0.3) is 17.4 Å². The second-order valence-electron chi connectivity index (χ2n) is 11.7. The van der Waals surface area contributed by atoms with Gasteiger partial charge in [0.05, 0.1) is 17.7 Å². The van der Waals surface area contributed by atoms with Gasteiger partial charge in [-0.25, -0.2) is 0 Å². The molecule has 0 aromatic heterocycles. The molecule has 2 saturated heterocycles. The van der Waals surface area contributed by atoms with Crippen LogP contribution < -0.4 is 9.64 Å². The van der Waals surface area contributed by atoms with Crippen LogP contribution in [-0.4, -0.2) is 80.3 Å². The number of anilines is 1. The lowest BCUT2D eigenvalue weighted by molar-refractivity contribution is -0.262. The number of aryl methyl sites for hydroxylation is 1. The average molecular weight is 610 g/mol. The van der Waals surface area contributed by atoms with Gasteiger partial charge in [-0.3, -0.25) is 9.59 Å². The molecule has 2 fully saturated rings. The number of carbonyl (C=O) groups is 2. The molecule has 1 atom stereocenters. The minimum atomic E-state index is -5.19. The Balaban J connectivity index is 1.33. The highest BCUT2D eigenvalue weighted by Gasteiger charge is 2.62.